The van der Waals surface area contributed by atoms with E-state index in [1.54, 1.807) is 11.6 Å². The van der Waals surface area contributed by atoms with Crippen LogP contribution < -0.4 is 10.9 Å². The molecule has 5 nitrogen and oxygen atoms in total. The molecule has 0 fully saturated rings. The van der Waals surface area contributed by atoms with Crippen molar-refractivity contribution < 1.29 is 0 Å². The number of para-hydroxylation sites is 1. The molecule has 0 unspecified atom stereocenters. The summed E-state index contributed by atoms with van der Waals surface area (Å²) in [6, 6.07) is 7.43. The van der Waals surface area contributed by atoms with Gasteiger partial charge in [0, 0.05) is 20.1 Å². The van der Waals surface area contributed by atoms with E-state index < -0.39 is 0 Å². The normalized spacial score (nSPS) is 10.7. The lowest BCUT2D eigenvalue weighted by Crippen LogP contribution is -2.30. The number of likely N-dealkylation sites (N-methyl/N-ethyl adjacent to an activating group) is 1. The summed E-state index contributed by atoms with van der Waals surface area (Å²) in [6.45, 7) is 8.07. The number of nitrogens with one attached hydrogen (secondary N) is 1. The predicted molar refractivity (Wildman–Crippen MR) is 90.5 cm³/mol. The van der Waals surface area contributed by atoms with Crippen LogP contribution in [0.25, 0.3) is 10.9 Å². The standard InChI is InChI=1S/C15H22N4O.ClH/c1-4-19(5-2)11-10-16-15-17-13-9-7-6-8-12(13)14(20)18(15)3;/h6-9H,4-5,10-11H2,1-3H3,(H,16,17);1H. The third kappa shape index (κ3) is 3.95. The number of aromatic nitrogens is 2. The highest BCUT2D eigenvalue weighted by Gasteiger charge is 2.07. The summed E-state index contributed by atoms with van der Waals surface area (Å²) >= 11 is 0. The second-order valence-corrected chi connectivity index (χ2v) is 4.77. The van der Waals surface area contributed by atoms with Gasteiger partial charge in [0.05, 0.1) is 10.9 Å². The van der Waals surface area contributed by atoms with Crippen molar-refractivity contribution in [1.82, 2.24) is 14.5 Å². The SMILES string of the molecule is CCN(CC)CCNc1nc2ccccc2c(=O)n1C.Cl. The molecule has 6 heteroatoms. The lowest BCUT2D eigenvalue weighted by Gasteiger charge is -2.18. The second kappa shape index (κ2) is 8.00. The van der Waals surface area contributed by atoms with Crippen molar-refractivity contribution in [3.05, 3.63) is 34.6 Å². The van der Waals surface area contributed by atoms with E-state index in [0.29, 0.717) is 11.3 Å². The topological polar surface area (TPSA) is 50.2 Å². The van der Waals surface area contributed by atoms with Crippen molar-refractivity contribution in [1.29, 1.82) is 0 Å². The number of rotatable bonds is 6. The van der Waals surface area contributed by atoms with Gasteiger partial charge in [-0.2, -0.15) is 0 Å². The van der Waals surface area contributed by atoms with Crippen molar-refractivity contribution in [2.24, 2.45) is 7.05 Å². The molecule has 2 aromatic rings. The molecule has 116 valence electrons. The Balaban J connectivity index is 0.00000220. The number of anilines is 1. The van der Waals surface area contributed by atoms with Crippen LogP contribution in [-0.4, -0.2) is 40.6 Å². The number of hydrogen-bond acceptors (Lipinski definition) is 4. The molecule has 0 aliphatic rings. The van der Waals surface area contributed by atoms with Gasteiger partial charge >= 0.3 is 0 Å². The third-order valence-corrected chi connectivity index (χ3v) is 3.59. The second-order valence-electron chi connectivity index (χ2n) is 4.77. The van der Waals surface area contributed by atoms with Crippen molar-refractivity contribution in [2.45, 2.75) is 13.8 Å². The number of fused-ring (bicyclic) bond motifs is 1. The molecular weight excluding hydrogens is 288 g/mol. The van der Waals surface area contributed by atoms with E-state index in [-0.39, 0.29) is 18.0 Å². The third-order valence-electron chi connectivity index (χ3n) is 3.59. The van der Waals surface area contributed by atoms with Gasteiger partial charge in [0.25, 0.3) is 5.56 Å². The Morgan fingerprint density at radius 1 is 1.24 bits per heavy atom. The molecule has 21 heavy (non-hydrogen) atoms. The first kappa shape index (κ1) is 17.5. The van der Waals surface area contributed by atoms with Crippen molar-refractivity contribution in [2.75, 3.05) is 31.5 Å². The summed E-state index contributed by atoms with van der Waals surface area (Å²) in [5, 5.41) is 3.91. The minimum atomic E-state index is -0.0130. The molecule has 0 aliphatic heterocycles. The highest BCUT2D eigenvalue weighted by molar-refractivity contribution is 5.85. The Morgan fingerprint density at radius 2 is 1.90 bits per heavy atom. The summed E-state index contributed by atoms with van der Waals surface area (Å²) in [5.74, 6) is 0.626. The molecule has 0 saturated heterocycles. The Labute approximate surface area is 131 Å². The minimum Gasteiger partial charge on any atom is -0.354 e. The molecule has 1 heterocycles. The van der Waals surface area contributed by atoms with E-state index in [0.717, 1.165) is 31.7 Å². The molecule has 0 aliphatic carbocycles. The molecule has 0 bridgehead atoms. The fourth-order valence-electron chi connectivity index (χ4n) is 2.24. The van der Waals surface area contributed by atoms with Gasteiger partial charge in [0.15, 0.2) is 0 Å². The van der Waals surface area contributed by atoms with Crippen molar-refractivity contribution in [3.8, 4) is 0 Å². The summed E-state index contributed by atoms with van der Waals surface area (Å²) in [4.78, 5) is 19.1. The van der Waals surface area contributed by atoms with Gasteiger partial charge < -0.3 is 10.2 Å². The molecule has 0 amide bonds. The first-order chi connectivity index (χ1) is 9.67. The van der Waals surface area contributed by atoms with Crippen molar-refractivity contribution in [3.63, 3.8) is 0 Å². The van der Waals surface area contributed by atoms with E-state index in [1.807, 2.05) is 24.3 Å². The molecule has 1 aromatic heterocycles. The average Bonchev–Trinajstić information content (AvgIpc) is 2.48. The minimum absolute atomic E-state index is 0. The van der Waals surface area contributed by atoms with Gasteiger partial charge in [-0.1, -0.05) is 26.0 Å². The molecular formula is C15H23ClN4O. The van der Waals surface area contributed by atoms with Gasteiger partial charge in [-0.3, -0.25) is 9.36 Å². The van der Waals surface area contributed by atoms with Crippen LogP contribution in [0, 0.1) is 0 Å². The van der Waals surface area contributed by atoms with Crippen LogP contribution in [0.4, 0.5) is 5.95 Å². The fraction of sp³-hybridized carbons (Fsp3) is 0.467. The van der Waals surface area contributed by atoms with Crippen LogP contribution in [0.5, 0.6) is 0 Å². The zero-order chi connectivity index (χ0) is 14.5. The summed E-state index contributed by atoms with van der Waals surface area (Å²) < 4.78 is 1.57. The van der Waals surface area contributed by atoms with Crippen LogP contribution in [0.15, 0.2) is 29.1 Å². The van der Waals surface area contributed by atoms with E-state index >= 15 is 0 Å². The largest absolute Gasteiger partial charge is 0.354 e. The van der Waals surface area contributed by atoms with Crippen LogP contribution in [-0.2, 0) is 7.05 Å². The first-order valence-electron chi connectivity index (χ1n) is 7.09. The van der Waals surface area contributed by atoms with E-state index in [9.17, 15) is 4.79 Å². The molecule has 2 rings (SSSR count). The highest BCUT2D eigenvalue weighted by Crippen LogP contribution is 2.09. The fourth-order valence-corrected chi connectivity index (χ4v) is 2.24. The summed E-state index contributed by atoms with van der Waals surface area (Å²) in [5.41, 5.74) is 0.724. The zero-order valence-electron chi connectivity index (χ0n) is 12.8. The predicted octanol–water partition coefficient (Wildman–Crippen LogP) is 2.11. The Morgan fingerprint density at radius 3 is 2.57 bits per heavy atom. The number of halogens is 1. The van der Waals surface area contributed by atoms with Crippen molar-refractivity contribution >= 4 is 29.3 Å². The monoisotopic (exact) mass is 310 g/mol. The number of hydrogen-bond donors (Lipinski definition) is 1. The quantitative estimate of drug-likeness (QED) is 0.888. The van der Waals surface area contributed by atoms with E-state index in [1.165, 1.54) is 0 Å². The lowest BCUT2D eigenvalue weighted by atomic mass is 10.2. The summed E-state index contributed by atoms with van der Waals surface area (Å²) in [6.07, 6.45) is 0. The number of nitrogens with zero attached hydrogens (tertiary/aromatic N) is 3. The van der Waals surface area contributed by atoms with E-state index in [4.69, 9.17) is 0 Å². The van der Waals surface area contributed by atoms with Gasteiger partial charge in [-0.25, -0.2) is 4.98 Å². The lowest BCUT2D eigenvalue weighted by molar-refractivity contribution is 0.315. The van der Waals surface area contributed by atoms with Gasteiger partial charge in [0.1, 0.15) is 0 Å². The molecule has 0 saturated carbocycles. The maximum absolute atomic E-state index is 12.2. The van der Waals surface area contributed by atoms with Crippen LogP contribution in [0.2, 0.25) is 0 Å². The molecule has 1 N–H and O–H groups in total. The Hall–Kier alpha value is -1.59. The average molecular weight is 311 g/mol. The molecule has 0 radical (unpaired) electrons. The maximum Gasteiger partial charge on any atom is 0.262 e. The highest BCUT2D eigenvalue weighted by atomic mass is 35.5. The van der Waals surface area contributed by atoms with Gasteiger partial charge in [-0.15, -0.1) is 12.4 Å². The first-order valence-corrected chi connectivity index (χ1v) is 7.09. The molecule has 0 spiro atoms. The van der Waals surface area contributed by atoms with Gasteiger partial charge in [-0.05, 0) is 25.2 Å². The Kier molecular flexibility index (Phi) is 6.65. The van der Waals surface area contributed by atoms with Crippen LogP contribution in [0.3, 0.4) is 0 Å². The van der Waals surface area contributed by atoms with Gasteiger partial charge in [0.2, 0.25) is 5.95 Å². The zero-order valence-corrected chi connectivity index (χ0v) is 13.6. The molecule has 1 aromatic carbocycles. The van der Waals surface area contributed by atoms with E-state index in [2.05, 4.69) is 29.0 Å². The smallest absolute Gasteiger partial charge is 0.262 e. The van der Waals surface area contributed by atoms with Crippen LogP contribution >= 0.6 is 12.4 Å². The molecule has 0 atom stereocenters. The summed E-state index contributed by atoms with van der Waals surface area (Å²) in [7, 11) is 1.75. The number of benzene rings is 1. The van der Waals surface area contributed by atoms with Crippen LogP contribution in [0.1, 0.15) is 13.8 Å². The Bertz CT molecular complexity index is 637. The maximum atomic E-state index is 12.2.